The zero-order valence-electron chi connectivity index (χ0n) is 18.3. The highest BCUT2D eigenvalue weighted by Gasteiger charge is 2.26. The molecule has 2 aromatic heterocycles. The number of hydrogen-bond acceptors (Lipinski definition) is 5. The molecular formula is C25H24FN5O2. The Labute approximate surface area is 191 Å². The van der Waals surface area contributed by atoms with Crippen LogP contribution in [0.1, 0.15) is 6.92 Å². The predicted octanol–water partition coefficient (Wildman–Crippen LogP) is 4.51. The highest BCUT2D eigenvalue weighted by molar-refractivity contribution is 6.02. The van der Waals surface area contributed by atoms with E-state index in [1.54, 1.807) is 24.2 Å². The normalized spacial score (nSPS) is 14.0. The fraction of sp³-hybridized carbons (Fsp3) is 0.240. The molecule has 2 aromatic carbocycles. The molecule has 7 nitrogen and oxygen atoms in total. The number of benzene rings is 2. The van der Waals surface area contributed by atoms with E-state index in [1.165, 1.54) is 12.1 Å². The predicted molar refractivity (Wildman–Crippen MR) is 125 cm³/mol. The number of piperazine rings is 1. The van der Waals surface area contributed by atoms with Crippen molar-refractivity contribution in [3.8, 4) is 16.8 Å². The van der Waals surface area contributed by atoms with Gasteiger partial charge in [-0.3, -0.25) is 0 Å². The summed E-state index contributed by atoms with van der Waals surface area (Å²) in [4.78, 5) is 25.2. The maximum Gasteiger partial charge on any atom is 0.409 e. The molecule has 0 radical (unpaired) electrons. The molecule has 0 spiro atoms. The van der Waals surface area contributed by atoms with E-state index in [4.69, 9.17) is 4.74 Å². The number of nitrogens with zero attached hydrogens (tertiary/aromatic N) is 5. The van der Waals surface area contributed by atoms with E-state index in [-0.39, 0.29) is 11.9 Å². The van der Waals surface area contributed by atoms with Gasteiger partial charge in [-0.05, 0) is 30.7 Å². The van der Waals surface area contributed by atoms with Gasteiger partial charge in [0.2, 0.25) is 0 Å². The van der Waals surface area contributed by atoms with E-state index in [0.29, 0.717) is 44.1 Å². The van der Waals surface area contributed by atoms with Gasteiger partial charge in [0.25, 0.3) is 0 Å². The molecule has 1 fully saturated rings. The van der Waals surface area contributed by atoms with E-state index < -0.39 is 0 Å². The number of rotatable bonds is 4. The Morgan fingerprint density at radius 2 is 1.82 bits per heavy atom. The number of ether oxygens (including phenoxy) is 1. The van der Waals surface area contributed by atoms with E-state index in [9.17, 15) is 9.18 Å². The van der Waals surface area contributed by atoms with E-state index in [0.717, 1.165) is 22.3 Å². The van der Waals surface area contributed by atoms with Crippen LogP contribution in [0.3, 0.4) is 0 Å². The third-order valence-corrected chi connectivity index (χ3v) is 5.84. The first kappa shape index (κ1) is 20.9. The van der Waals surface area contributed by atoms with Crippen molar-refractivity contribution < 1.29 is 13.9 Å². The lowest BCUT2D eigenvalue weighted by molar-refractivity contribution is 0.105. The summed E-state index contributed by atoms with van der Waals surface area (Å²) >= 11 is 0. The summed E-state index contributed by atoms with van der Waals surface area (Å²) in [6, 6.07) is 16.5. The lowest BCUT2D eigenvalue weighted by Crippen LogP contribution is -2.49. The molecule has 0 atom stereocenters. The molecule has 0 aliphatic carbocycles. The molecule has 0 bridgehead atoms. The van der Waals surface area contributed by atoms with Gasteiger partial charge in [-0.1, -0.05) is 36.4 Å². The molecule has 1 aliphatic rings. The Balaban J connectivity index is 1.60. The van der Waals surface area contributed by atoms with Crippen LogP contribution >= 0.6 is 0 Å². The Hall–Kier alpha value is -3.94. The summed E-state index contributed by atoms with van der Waals surface area (Å²) < 4.78 is 21.1. The second-order valence-electron chi connectivity index (χ2n) is 7.83. The van der Waals surface area contributed by atoms with Crippen LogP contribution in [0.15, 0.2) is 67.1 Å². The van der Waals surface area contributed by atoms with E-state index in [1.807, 2.05) is 47.2 Å². The summed E-state index contributed by atoms with van der Waals surface area (Å²) in [5.74, 6) is 0.498. The Morgan fingerprint density at radius 1 is 1.03 bits per heavy atom. The molecule has 1 saturated heterocycles. The Kier molecular flexibility index (Phi) is 5.64. The Morgan fingerprint density at radius 3 is 2.55 bits per heavy atom. The van der Waals surface area contributed by atoms with Crippen molar-refractivity contribution >= 4 is 22.9 Å². The molecule has 0 N–H and O–H groups in total. The molecule has 168 valence electrons. The first-order valence-corrected chi connectivity index (χ1v) is 11.0. The number of hydrogen-bond donors (Lipinski definition) is 0. The van der Waals surface area contributed by atoms with Crippen molar-refractivity contribution in [2.24, 2.45) is 0 Å². The van der Waals surface area contributed by atoms with Gasteiger partial charge in [0.05, 0.1) is 12.0 Å². The molecule has 1 aliphatic heterocycles. The molecule has 1 amide bonds. The molecule has 4 aromatic rings. The van der Waals surface area contributed by atoms with Crippen LogP contribution in [0.2, 0.25) is 0 Å². The zero-order chi connectivity index (χ0) is 22.8. The van der Waals surface area contributed by atoms with Crippen molar-refractivity contribution in [2.45, 2.75) is 6.92 Å². The average Bonchev–Trinajstić information content (AvgIpc) is 3.25. The van der Waals surface area contributed by atoms with Crippen LogP contribution in [-0.4, -0.2) is 58.3 Å². The van der Waals surface area contributed by atoms with Crippen molar-refractivity contribution in [3.63, 3.8) is 0 Å². The van der Waals surface area contributed by atoms with Gasteiger partial charge in [0.15, 0.2) is 5.65 Å². The monoisotopic (exact) mass is 445 g/mol. The van der Waals surface area contributed by atoms with Crippen molar-refractivity contribution in [1.29, 1.82) is 0 Å². The SMILES string of the molecule is CCOC(=O)N1CCN(c2ncnc3c2c(-c2ccccc2)cn3-c2cccc(F)c2)CC1. The van der Waals surface area contributed by atoms with Crippen molar-refractivity contribution in [2.75, 3.05) is 37.7 Å². The average molecular weight is 445 g/mol. The topological polar surface area (TPSA) is 63.5 Å². The maximum absolute atomic E-state index is 14.0. The van der Waals surface area contributed by atoms with Crippen LogP contribution < -0.4 is 4.90 Å². The number of amides is 1. The van der Waals surface area contributed by atoms with Crippen LogP contribution in [0.5, 0.6) is 0 Å². The fourth-order valence-corrected chi connectivity index (χ4v) is 4.26. The van der Waals surface area contributed by atoms with Crippen LogP contribution in [0.25, 0.3) is 27.8 Å². The van der Waals surface area contributed by atoms with Crippen molar-refractivity contribution in [1.82, 2.24) is 19.4 Å². The fourth-order valence-electron chi connectivity index (χ4n) is 4.26. The molecule has 8 heteroatoms. The second-order valence-corrected chi connectivity index (χ2v) is 7.83. The molecule has 0 saturated carbocycles. The minimum atomic E-state index is -0.306. The van der Waals surface area contributed by atoms with Gasteiger partial charge in [-0.15, -0.1) is 0 Å². The van der Waals surface area contributed by atoms with E-state index in [2.05, 4.69) is 14.9 Å². The van der Waals surface area contributed by atoms with Gasteiger partial charge in [0, 0.05) is 43.6 Å². The van der Waals surface area contributed by atoms with Crippen LogP contribution in [-0.2, 0) is 4.74 Å². The molecule has 0 unspecified atom stereocenters. The summed E-state index contributed by atoms with van der Waals surface area (Å²) in [5, 5.41) is 0.901. The van der Waals surface area contributed by atoms with Gasteiger partial charge in [-0.25, -0.2) is 19.2 Å². The van der Waals surface area contributed by atoms with E-state index >= 15 is 0 Å². The first-order valence-electron chi connectivity index (χ1n) is 11.0. The van der Waals surface area contributed by atoms with Crippen molar-refractivity contribution in [3.05, 3.63) is 72.9 Å². The highest BCUT2D eigenvalue weighted by atomic mass is 19.1. The summed E-state index contributed by atoms with van der Waals surface area (Å²) in [6.07, 6.45) is 3.24. The summed E-state index contributed by atoms with van der Waals surface area (Å²) in [5.41, 5.74) is 3.40. The number of carbonyl (C=O) groups excluding carboxylic acids is 1. The minimum Gasteiger partial charge on any atom is -0.450 e. The smallest absolute Gasteiger partial charge is 0.409 e. The number of aromatic nitrogens is 3. The summed E-state index contributed by atoms with van der Waals surface area (Å²) in [6.45, 7) is 4.53. The first-order chi connectivity index (χ1) is 16.2. The van der Waals surface area contributed by atoms with Gasteiger partial charge < -0.3 is 19.1 Å². The zero-order valence-corrected chi connectivity index (χ0v) is 18.3. The third-order valence-electron chi connectivity index (χ3n) is 5.84. The molecule has 3 heterocycles. The van der Waals surface area contributed by atoms with Gasteiger partial charge in [0.1, 0.15) is 18.0 Å². The lowest BCUT2D eigenvalue weighted by atomic mass is 10.1. The Bertz CT molecular complexity index is 1280. The quantitative estimate of drug-likeness (QED) is 0.463. The number of anilines is 1. The minimum absolute atomic E-state index is 0.285. The second kappa shape index (κ2) is 8.90. The largest absolute Gasteiger partial charge is 0.450 e. The number of halogens is 1. The van der Waals surface area contributed by atoms with Gasteiger partial charge >= 0.3 is 6.09 Å². The molecular weight excluding hydrogens is 421 g/mol. The molecule has 33 heavy (non-hydrogen) atoms. The number of fused-ring (bicyclic) bond motifs is 1. The molecule has 5 rings (SSSR count). The summed E-state index contributed by atoms with van der Waals surface area (Å²) in [7, 11) is 0. The lowest BCUT2D eigenvalue weighted by Gasteiger charge is -2.35. The number of carbonyl (C=O) groups is 1. The highest BCUT2D eigenvalue weighted by Crippen LogP contribution is 2.37. The third kappa shape index (κ3) is 4.00. The van der Waals surface area contributed by atoms with Crippen LogP contribution in [0, 0.1) is 5.82 Å². The maximum atomic E-state index is 14.0. The standard InChI is InChI=1S/C25H24FN5O2/c1-2-33-25(32)30-13-11-29(12-14-30)23-22-21(18-7-4-3-5-8-18)16-31(24(22)28-17-27-23)20-10-6-9-19(26)15-20/h3-10,15-17H,2,11-14H2,1H3. The van der Waals surface area contributed by atoms with Crippen LogP contribution in [0.4, 0.5) is 15.0 Å². The van der Waals surface area contributed by atoms with Gasteiger partial charge in [-0.2, -0.15) is 0 Å².